The number of pyridine rings is 1. The predicted octanol–water partition coefficient (Wildman–Crippen LogP) is 4.38. The Morgan fingerprint density at radius 1 is 1.10 bits per heavy atom. The SMILES string of the molecule is COc1cc(CN(CCN)c2nc3ncccc3s2)ccc1OCc1ccccc1F. The smallest absolute Gasteiger partial charge is 0.188 e. The van der Waals surface area contributed by atoms with E-state index in [-0.39, 0.29) is 12.4 Å². The van der Waals surface area contributed by atoms with Gasteiger partial charge in [-0.1, -0.05) is 35.6 Å². The van der Waals surface area contributed by atoms with Crippen LogP contribution in [-0.4, -0.2) is 30.2 Å². The van der Waals surface area contributed by atoms with Gasteiger partial charge in [0.1, 0.15) is 12.4 Å². The average molecular weight is 439 g/mol. The lowest BCUT2D eigenvalue weighted by Gasteiger charge is -2.21. The van der Waals surface area contributed by atoms with Gasteiger partial charge in [-0.25, -0.2) is 9.37 Å². The summed E-state index contributed by atoms with van der Waals surface area (Å²) in [7, 11) is 1.59. The third-order valence-corrected chi connectivity index (χ3v) is 5.84. The average Bonchev–Trinajstić information content (AvgIpc) is 3.23. The molecule has 0 unspecified atom stereocenters. The first-order chi connectivity index (χ1) is 15.2. The minimum Gasteiger partial charge on any atom is -0.493 e. The predicted molar refractivity (Wildman–Crippen MR) is 121 cm³/mol. The lowest BCUT2D eigenvalue weighted by molar-refractivity contribution is 0.279. The monoisotopic (exact) mass is 438 g/mol. The maximum Gasteiger partial charge on any atom is 0.188 e. The van der Waals surface area contributed by atoms with Gasteiger partial charge in [-0.2, -0.15) is 4.98 Å². The largest absolute Gasteiger partial charge is 0.493 e. The lowest BCUT2D eigenvalue weighted by atomic mass is 10.2. The molecular formula is C23H23FN4O2S. The summed E-state index contributed by atoms with van der Waals surface area (Å²) in [4.78, 5) is 11.1. The maximum atomic E-state index is 13.9. The molecule has 8 heteroatoms. The van der Waals surface area contributed by atoms with Crippen LogP contribution in [0.1, 0.15) is 11.1 Å². The van der Waals surface area contributed by atoms with Crippen LogP contribution < -0.4 is 20.1 Å². The van der Waals surface area contributed by atoms with Crippen molar-refractivity contribution in [1.82, 2.24) is 9.97 Å². The first-order valence-corrected chi connectivity index (χ1v) is 10.7. The van der Waals surface area contributed by atoms with Crippen molar-refractivity contribution in [3.05, 3.63) is 77.7 Å². The van der Waals surface area contributed by atoms with Gasteiger partial charge in [0.15, 0.2) is 22.3 Å². The number of benzene rings is 2. The van der Waals surface area contributed by atoms with Crippen LogP contribution in [0.2, 0.25) is 0 Å². The zero-order valence-electron chi connectivity index (χ0n) is 17.1. The van der Waals surface area contributed by atoms with Crippen LogP contribution in [0.3, 0.4) is 0 Å². The Kier molecular flexibility index (Phi) is 6.59. The van der Waals surface area contributed by atoms with E-state index in [0.717, 1.165) is 21.0 Å². The van der Waals surface area contributed by atoms with Crippen molar-refractivity contribution in [3.8, 4) is 11.5 Å². The van der Waals surface area contributed by atoms with Crippen molar-refractivity contribution < 1.29 is 13.9 Å². The number of rotatable bonds is 9. The Labute approximate surface area is 184 Å². The van der Waals surface area contributed by atoms with Crippen LogP contribution in [0.25, 0.3) is 10.3 Å². The summed E-state index contributed by atoms with van der Waals surface area (Å²) < 4.78 is 26.2. The second-order valence-corrected chi connectivity index (χ2v) is 7.91. The number of nitrogens with zero attached hydrogens (tertiary/aromatic N) is 3. The van der Waals surface area contributed by atoms with Crippen molar-refractivity contribution in [1.29, 1.82) is 0 Å². The maximum absolute atomic E-state index is 13.9. The molecule has 160 valence electrons. The molecule has 0 saturated carbocycles. The normalized spacial score (nSPS) is 10.9. The number of fused-ring (bicyclic) bond motifs is 1. The number of hydrogen-bond donors (Lipinski definition) is 1. The van der Waals surface area contributed by atoms with Gasteiger partial charge in [0.25, 0.3) is 0 Å². The molecule has 31 heavy (non-hydrogen) atoms. The van der Waals surface area contributed by atoms with E-state index in [2.05, 4.69) is 14.9 Å². The molecule has 6 nitrogen and oxygen atoms in total. The molecule has 0 amide bonds. The molecule has 2 heterocycles. The Morgan fingerprint density at radius 3 is 2.74 bits per heavy atom. The van der Waals surface area contributed by atoms with E-state index in [1.165, 1.54) is 6.07 Å². The fourth-order valence-electron chi connectivity index (χ4n) is 3.21. The molecular weight excluding hydrogens is 415 g/mol. The molecule has 0 saturated heterocycles. The number of thiazole rings is 1. The molecule has 0 aliphatic carbocycles. The molecule has 2 aromatic heterocycles. The standard InChI is InChI=1S/C23H23FN4O2S/c1-29-20-13-16(8-9-19(20)30-15-17-5-2-3-6-18(17)24)14-28(12-10-25)23-27-22-21(31-23)7-4-11-26-22/h2-9,11,13H,10,12,14-15,25H2,1H3. The highest BCUT2D eigenvalue weighted by atomic mass is 32.1. The number of hydrogen-bond acceptors (Lipinski definition) is 7. The van der Waals surface area contributed by atoms with Gasteiger partial charge in [0, 0.05) is 31.4 Å². The fraction of sp³-hybridized carbons (Fsp3) is 0.217. The number of halogens is 1. The van der Waals surface area contributed by atoms with Crippen LogP contribution in [0.4, 0.5) is 9.52 Å². The summed E-state index contributed by atoms with van der Waals surface area (Å²) in [6.45, 7) is 1.90. The highest BCUT2D eigenvalue weighted by Crippen LogP contribution is 2.32. The Hall–Kier alpha value is -3.23. The topological polar surface area (TPSA) is 73.5 Å². The van der Waals surface area contributed by atoms with Crippen molar-refractivity contribution in [2.75, 3.05) is 25.1 Å². The summed E-state index contributed by atoms with van der Waals surface area (Å²) >= 11 is 1.59. The van der Waals surface area contributed by atoms with E-state index >= 15 is 0 Å². The summed E-state index contributed by atoms with van der Waals surface area (Å²) in [5.41, 5.74) is 8.10. The van der Waals surface area contributed by atoms with Gasteiger partial charge < -0.3 is 20.1 Å². The van der Waals surface area contributed by atoms with Crippen molar-refractivity contribution in [3.63, 3.8) is 0 Å². The molecule has 0 aliphatic rings. The first-order valence-electron chi connectivity index (χ1n) is 9.87. The number of anilines is 1. The Morgan fingerprint density at radius 2 is 1.97 bits per heavy atom. The van der Waals surface area contributed by atoms with E-state index in [4.69, 9.17) is 15.2 Å². The van der Waals surface area contributed by atoms with Crippen molar-refractivity contribution in [2.45, 2.75) is 13.2 Å². The lowest BCUT2D eigenvalue weighted by Crippen LogP contribution is -2.28. The van der Waals surface area contributed by atoms with E-state index < -0.39 is 0 Å². The molecule has 0 radical (unpaired) electrons. The zero-order chi connectivity index (χ0) is 21.6. The van der Waals surface area contributed by atoms with Crippen LogP contribution in [0.15, 0.2) is 60.8 Å². The molecule has 0 fully saturated rings. The second kappa shape index (κ2) is 9.72. The Balaban J connectivity index is 1.52. The minimum absolute atomic E-state index is 0.125. The number of nitrogens with two attached hydrogens (primary N) is 1. The number of methoxy groups -OCH3 is 1. The van der Waals surface area contributed by atoms with Crippen molar-refractivity contribution in [2.24, 2.45) is 5.73 Å². The van der Waals surface area contributed by atoms with Gasteiger partial charge >= 0.3 is 0 Å². The van der Waals surface area contributed by atoms with E-state index in [1.807, 2.05) is 30.3 Å². The highest BCUT2D eigenvalue weighted by molar-refractivity contribution is 7.22. The van der Waals surface area contributed by atoms with E-state index in [0.29, 0.717) is 36.7 Å². The second-order valence-electron chi connectivity index (χ2n) is 6.90. The molecule has 0 spiro atoms. The summed E-state index contributed by atoms with van der Waals surface area (Å²) in [6.07, 6.45) is 1.74. The van der Waals surface area contributed by atoms with Gasteiger partial charge in [0.05, 0.1) is 11.8 Å². The molecule has 2 aromatic carbocycles. The van der Waals surface area contributed by atoms with E-state index in [9.17, 15) is 4.39 Å². The zero-order valence-corrected chi connectivity index (χ0v) is 17.9. The van der Waals surface area contributed by atoms with Gasteiger partial charge in [-0.15, -0.1) is 0 Å². The number of ether oxygens (including phenoxy) is 2. The van der Waals surface area contributed by atoms with Crippen molar-refractivity contribution >= 4 is 26.8 Å². The van der Waals surface area contributed by atoms with Gasteiger partial charge in [-0.3, -0.25) is 0 Å². The van der Waals surface area contributed by atoms with Crippen LogP contribution >= 0.6 is 11.3 Å². The Bertz CT molecular complexity index is 1130. The molecule has 4 aromatic rings. The number of aromatic nitrogens is 2. The first kappa shape index (κ1) is 21.0. The molecule has 2 N–H and O–H groups in total. The fourth-order valence-corrected chi connectivity index (χ4v) is 4.16. The van der Waals surface area contributed by atoms with Crippen LogP contribution in [0, 0.1) is 5.82 Å². The third kappa shape index (κ3) is 4.92. The third-order valence-electron chi connectivity index (χ3n) is 4.77. The minimum atomic E-state index is -0.291. The van der Waals surface area contributed by atoms with Crippen LogP contribution in [-0.2, 0) is 13.2 Å². The van der Waals surface area contributed by atoms with Gasteiger partial charge in [-0.05, 0) is 35.9 Å². The highest BCUT2D eigenvalue weighted by Gasteiger charge is 2.15. The van der Waals surface area contributed by atoms with E-state index in [1.54, 1.807) is 42.8 Å². The molecule has 0 atom stereocenters. The summed E-state index contributed by atoms with van der Waals surface area (Å²) in [6, 6.07) is 16.2. The van der Waals surface area contributed by atoms with Gasteiger partial charge in [0.2, 0.25) is 0 Å². The molecule has 0 aliphatic heterocycles. The molecule has 0 bridgehead atoms. The summed E-state index contributed by atoms with van der Waals surface area (Å²) in [5.74, 6) is 0.859. The van der Waals surface area contributed by atoms with Crippen LogP contribution in [0.5, 0.6) is 11.5 Å². The summed E-state index contributed by atoms with van der Waals surface area (Å²) in [5, 5.41) is 0.873. The quantitative estimate of drug-likeness (QED) is 0.418. The molecule has 4 rings (SSSR count).